The maximum Gasteiger partial charge on any atom is 0.240 e. The molecule has 3 aromatic rings. The van der Waals surface area contributed by atoms with Gasteiger partial charge in [-0.15, -0.1) is 11.3 Å². The van der Waals surface area contributed by atoms with Crippen molar-refractivity contribution in [2.45, 2.75) is 25.2 Å². The van der Waals surface area contributed by atoms with Crippen LogP contribution >= 0.6 is 11.3 Å². The second kappa shape index (κ2) is 8.31. The van der Waals surface area contributed by atoms with Crippen molar-refractivity contribution in [3.05, 3.63) is 41.2 Å². The number of aromatic nitrogens is 3. The van der Waals surface area contributed by atoms with Crippen LogP contribution in [-0.2, 0) is 10.0 Å². The molecule has 8 nitrogen and oxygen atoms in total. The number of aliphatic hydroxyl groups excluding tert-OH is 1. The molecular formula is C18H21N5O3S2. The third-order valence-electron chi connectivity index (χ3n) is 4.08. The van der Waals surface area contributed by atoms with E-state index in [-0.39, 0.29) is 18.0 Å². The highest BCUT2D eigenvalue weighted by Gasteiger charge is 2.17. The van der Waals surface area contributed by atoms with E-state index >= 15 is 0 Å². The van der Waals surface area contributed by atoms with E-state index in [0.717, 1.165) is 15.4 Å². The number of aryl methyl sites for hydroxylation is 2. The van der Waals surface area contributed by atoms with Crippen LogP contribution in [-0.4, -0.2) is 41.6 Å². The lowest BCUT2D eigenvalue weighted by Crippen LogP contribution is -2.25. The highest BCUT2D eigenvalue weighted by molar-refractivity contribution is 7.89. The summed E-state index contributed by atoms with van der Waals surface area (Å²) in [5.74, 6) is 0.291. The van der Waals surface area contributed by atoms with Crippen LogP contribution in [0.25, 0.3) is 21.8 Å². The predicted molar refractivity (Wildman–Crippen MR) is 109 cm³/mol. The highest BCUT2D eigenvalue weighted by Crippen LogP contribution is 2.31. The van der Waals surface area contributed by atoms with Gasteiger partial charge in [-0.25, -0.2) is 28.1 Å². The normalized spacial score (nSPS) is 11.7. The van der Waals surface area contributed by atoms with Gasteiger partial charge in [0.1, 0.15) is 5.69 Å². The smallest absolute Gasteiger partial charge is 0.240 e. The summed E-state index contributed by atoms with van der Waals surface area (Å²) < 4.78 is 27.5. The van der Waals surface area contributed by atoms with Crippen LogP contribution in [0.1, 0.15) is 17.0 Å². The molecule has 0 aliphatic heterocycles. The first-order valence-corrected chi connectivity index (χ1v) is 10.9. The van der Waals surface area contributed by atoms with Gasteiger partial charge in [-0.3, -0.25) is 0 Å². The second-order valence-corrected chi connectivity index (χ2v) is 9.19. The molecule has 10 heteroatoms. The van der Waals surface area contributed by atoms with Crippen LogP contribution in [0.2, 0.25) is 0 Å². The fourth-order valence-corrected chi connectivity index (χ4v) is 4.47. The zero-order valence-corrected chi connectivity index (χ0v) is 17.1. The van der Waals surface area contributed by atoms with Gasteiger partial charge in [-0.05, 0) is 38.0 Å². The molecule has 148 valence electrons. The first-order valence-electron chi connectivity index (χ1n) is 8.58. The highest BCUT2D eigenvalue weighted by atomic mass is 32.2. The molecule has 4 N–H and O–H groups in total. The number of anilines is 1. The Kier molecular flexibility index (Phi) is 6.04. The van der Waals surface area contributed by atoms with Crippen molar-refractivity contribution in [3.63, 3.8) is 0 Å². The molecule has 0 saturated carbocycles. The zero-order chi connectivity index (χ0) is 20.3. The van der Waals surface area contributed by atoms with Gasteiger partial charge in [0.2, 0.25) is 10.0 Å². The van der Waals surface area contributed by atoms with E-state index in [1.54, 1.807) is 18.3 Å². The molecule has 0 atom stereocenters. The first-order chi connectivity index (χ1) is 13.3. The van der Waals surface area contributed by atoms with Crippen molar-refractivity contribution >= 4 is 27.2 Å². The maximum atomic E-state index is 12.5. The van der Waals surface area contributed by atoms with E-state index in [0.29, 0.717) is 29.2 Å². The fraction of sp³-hybridized carbons (Fsp3) is 0.278. The zero-order valence-electron chi connectivity index (χ0n) is 15.5. The third-order valence-corrected chi connectivity index (χ3v) is 6.46. The van der Waals surface area contributed by atoms with Crippen molar-refractivity contribution in [3.8, 4) is 21.8 Å². The van der Waals surface area contributed by atoms with Crippen molar-refractivity contribution in [2.24, 2.45) is 0 Å². The first kappa shape index (κ1) is 20.3. The molecule has 0 radical (unpaired) electrons. The van der Waals surface area contributed by atoms with E-state index in [2.05, 4.69) is 19.7 Å². The number of rotatable bonds is 7. The summed E-state index contributed by atoms with van der Waals surface area (Å²) >= 11 is 1.46. The Morgan fingerprint density at radius 3 is 2.68 bits per heavy atom. The van der Waals surface area contributed by atoms with E-state index in [1.165, 1.54) is 23.6 Å². The van der Waals surface area contributed by atoms with Gasteiger partial charge in [0.25, 0.3) is 0 Å². The lowest BCUT2D eigenvalue weighted by atomic mass is 10.1. The van der Waals surface area contributed by atoms with Gasteiger partial charge in [-0.2, -0.15) is 0 Å². The van der Waals surface area contributed by atoms with E-state index in [1.807, 2.05) is 13.8 Å². The minimum absolute atomic E-state index is 0.0808. The number of aliphatic hydroxyl groups is 1. The number of hydrogen-bond acceptors (Lipinski definition) is 8. The molecule has 2 aromatic heterocycles. The molecule has 0 aliphatic carbocycles. The summed E-state index contributed by atoms with van der Waals surface area (Å²) in [4.78, 5) is 14.0. The van der Waals surface area contributed by atoms with Crippen molar-refractivity contribution < 1.29 is 13.5 Å². The van der Waals surface area contributed by atoms with Crippen molar-refractivity contribution in [1.29, 1.82) is 0 Å². The molecule has 0 saturated heterocycles. The number of thiazole rings is 1. The largest absolute Gasteiger partial charge is 0.396 e. The third kappa shape index (κ3) is 4.36. The van der Waals surface area contributed by atoms with Gasteiger partial charge in [-0.1, -0.05) is 6.07 Å². The molecule has 28 heavy (non-hydrogen) atoms. The Labute approximate surface area is 167 Å². The monoisotopic (exact) mass is 419 g/mol. The minimum Gasteiger partial charge on any atom is -0.396 e. The lowest BCUT2D eigenvalue weighted by molar-refractivity contribution is 0.289. The molecule has 0 spiro atoms. The van der Waals surface area contributed by atoms with Crippen LogP contribution in [0.3, 0.4) is 0 Å². The van der Waals surface area contributed by atoms with Gasteiger partial charge in [0.05, 0.1) is 26.7 Å². The van der Waals surface area contributed by atoms with Gasteiger partial charge in [0, 0.05) is 24.9 Å². The molecule has 3 rings (SSSR count). The molecule has 0 bridgehead atoms. The molecule has 1 aromatic carbocycles. The van der Waals surface area contributed by atoms with Crippen LogP contribution in [0, 0.1) is 13.8 Å². The summed E-state index contributed by atoms with van der Waals surface area (Å²) in [6.45, 7) is 3.85. The summed E-state index contributed by atoms with van der Waals surface area (Å²) in [5, 5.41) is 9.73. The molecule has 0 amide bonds. The number of nitrogens with zero attached hydrogens (tertiary/aromatic N) is 3. The average molecular weight is 420 g/mol. The molecular weight excluding hydrogens is 398 g/mol. The Balaban J connectivity index is 2.02. The fourth-order valence-electron chi connectivity index (χ4n) is 2.59. The van der Waals surface area contributed by atoms with Gasteiger partial charge in [0.15, 0.2) is 5.82 Å². The quantitative estimate of drug-likeness (QED) is 0.500. The molecule has 0 aliphatic rings. The average Bonchev–Trinajstić information content (AvgIpc) is 3.09. The molecule has 2 heterocycles. The Morgan fingerprint density at radius 1 is 1.21 bits per heavy atom. The number of benzene rings is 1. The molecule has 0 unspecified atom stereocenters. The van der Waals surface area contributed by atoms with Crippen molar-refractivity contribution in [1.82, 2.24) is 19.7 Å². The number of nitrogens with one attached hydrogen (secondary N) is 1. The summed E-state index contributed by atoms with van der Waals surface area (Å²) in [6, 6.07) is 4.83. The number of nitrogen functional groups attached to an aromatic ring is 1. The second-order valence-electron chi connectivity index (χ2n) is 6.18. The topological polar surface area (TPSA) is 131 Å². The van der Waals surface area contributed by atoms with E-state index in [4.69, 9.17) is 10.8 Å². The van der Waals surface area contributed by atoms with Crippen LogP contribution in [0.15, 0.2) is 35.5 Å². The van der Waals surface area contributed by atoms with Crippen LogP contribution in [0.4, 0.5) is 5.82 Å². The SMILES string of the molecule is Cc1ncc(-c2nc(-c3cc(S(=O)(=O)NCCCO)ccc3C)cnc2N)s1. The Bertz CT molecular complexity index is 1100. The van der Waals surface area contributed by atoms with Gasteiger partial charge >= 0.3 is 0 Å². The summed E-state index contributed by atoms with van der Waals surface area (Å²) in [7, 11) is -3.69. The summed E-state index contributed by atoms with van der Waals surface area (Å²) in [5.41, 5.74) is 8.56. The van der Waals surface area contributed by atoms with Crippen LogP contribution < -0.4 is 10.5 Å². The lowest BCUT2D eigenvalue weighted by Gasteiger charge is -2.11. The molecule has 0 fully saturated rings. The van der Waals surface area contributed by atoms with Crippen molar-refractivity contribution in [2.75, 3.05) is 18.9 Å². The standard InChI is InChI=1S/C18H21N5O3S2/c1-11-4-5-13(28(25,26)22-6-3-7-24)8-14(11)15-9-21-18(19)17(23-15)16-10-20-12(2)27-16/h4-5,8-10,22,24H,3,6-7H2,1-2H3,(H2,19,21). The number of sulfonamides is 1. The van der Waals surface area contributed by atoms with Crippen LogP contribution in [0.5, 0.6) is 0 Å². The van der Waals surface area contributed by atoms with Gasteiger partial charge < -0.3 is 10.8 Å². The maximum absolute atomic E-state index is 12.5. The van der Waals surface area contributed by atoms with E-state index < -0.39 is 10.0 Å². The predicted octanol–water partition coefficient (Wildman–Crippen LogP) is 2.13. The number of nitrogens with two attached hydrogens (primary N) is 1. The van der Waals surface area contributed by atoms with E-state index in [9.17, 15) is 8.42 Å². The summed E-state index contributed by atoms with van der Waals surface area (Å²) in [6.07, 6.45) is 3.58. The Hall–Kier alpha value is -2.40. The minimum atomic E-state index is -3.69. The Morgan fingerprint density at radius 2 is 2.00 bits per heavy atom. The number of hydrogen-bond donors (Lipinski definition) is 3.